The Morgan fingerprint density at radius 1 is 1.05 bits per heavy atom. The van der Waals surface area contributed by atoms with Crippen molar-refractivity contribution in [2.45, 2.75) is 31.2 Å². The second-order valence-electron chi connectivity index (χ2n) is 9.32. The molecule has 1 saturated heterocycles. The van der Waals surface area contributed by atoms with E-state index in [-0.39, 0.29) is 36.9 Å². The zero-order valence-corrected chi connectivity index (χ0v) is 20.8. The van der Waals surface area contributed by atoms with Crippen molar-refractivity contribution in [3.05, 3.63) is 102 Å². The van der Waals surface area contributed by atoms with E-state index in [0.717, 1.165) is 11.1 Å². The van der Waals surface area contributed by atoms with Crippen LogP contribution in [0.2, 0.25) is 5.02 Å². The number of carbonyl (C=O) groups excluding carboxylic acids is 2. The molecule has 5 rings (SSSR count). The van der Waals surface area contributed by atoms with E-state index < -0.39 is 18.2 Å². The second kappa shape index (κ2) is 11.2. The van der Waals surface area contributed by atoms with Gasteiger partial charge >= 0.3 is 11.9 Å². The summed E-state index contributed by atoms with van der Waals surface area (Å²) in [5.74, 6) is -0.493. The van der Waals surface area contributed by atoms with Crippen LogP contribution in [0.1, 0.15) is 23.2 Å². The summed E-state index contributed by atoms with van der Waals surface area (Å²) in [5, 5.41) is 11.0. The molecule has 0 amide bonds. The first kappa shape index (κ1) is 25.1. The number of benzene rings is 3. The Morgan fingerprint density at radius 3 is 2.57 bits per heavy atom. The monoisotopic (exact) mass is 518 g/mol. The van der Waals surface area contributed by atoms with E-state index in [1.165, 1.54) is 0 Å². The molecule has 1 aliphatic heterocycles. The van der Waals surface area contributed by atoms with Crippen LogP contribution in [0.5, 0.6) is 5.75 Å². The summed E-state index contributed by atoms with van der Waals surface area (Å²) in [6, 6.07) is 24.1. The zero-order valence-electron chi connectivity index (χ0n) is 20.0. The molecule has 5 atom stereocenters. The largest absolute Gasteiger partial charge is 0.491 e. The molecule has 2 aliphatic rings. The van der Waals surface area contributed by atoms with E-state index in [1.807, 2.05) is 48.5 Å². The molecule has 2 fully saturated rings. The van der Waals surface area contributed by atoms with Crippen LogP contribution in [-0.4, -0.2) is 42.0 Å². The Bertz CT molecular complexity index is 1270. The van der Waals surface area contributed by atoms with Crippen LogP contribution in [0, 0.1) is 11.8 Å². The van der Waals surface area contributed by atoms with Crippen molar-refractivity contribution in [3.63, 3.8) is 0 Å². The molecule has 6 nitrogen and oxygen atoms in total. The SMILES string of the molecule is O=C1C[C@@H]2[C@H](/C=C/[C@H](O)COc3cccc(Cl)c3)[C@H](OC(=O)c3ccc(-c4ccccc4)cc3)C[C@@H]2O1. The van der Waals surface area contributed by atoms with Crippen LogP contribution in [0.3, 0.4) is 0 Å². The van der Waals surface area contributed by atoms with Crippen molar-refractivity contribution in [1.82, 2.24) is 0 Å². The van der Waals surface area contributed by atoms with Crippen LogP contribution >= 0.6 is 11.6 Å². The molecule has 190 valence electrons. The highest BCUT2D eigenvalue weighted by atomic mass is 35.5. The van der Waals surface area contributed by atoms with Gasteiger partial charge in [0.15, 0.2) is 0 Å². The third-order valence-corrected chi connectivity index (χ3v) is 7.04. The molecular weight excluding hydrogens is 492 g/mol. The zero-order chi connectivity index (χ0) is 25.8. The Hall–Kier alpha value is -3.61. The van der Waals surface area contributed by atoms with Gasteiger partial charge in [-0.3, -0.25) is 4.79 Å². The van der Waals surface area contributed by atoms with Crippen molar-refractivity contribution in [1.29, 1.82) is 0 Å². The summed E-state index contributed by atoms with van der Waals surface area (Å²) < 4.78 is 17.0. The lowest BCUT2D eigenvalue weighted by Gasteiger charge is -2.20. The maximum atomic E-state index is 13.0. The van der Waals surface area contributed by atoms with Crippen LogP contribution in [-0.2, 0) is 14.3 Å². The fourth-order valence-corrected chi connectivity index (χ4v) is 5.16. The fraction of sp³-hybridized carbons (Fsp3) is 0.267. The standard InChI is InChI=1S/C30H27ClO6/c31-22-7-4-8-24(15-22)35-18-23(32)13-14-25-26-16-29(33)36-28(26)17-27(25)37-30(34)21-11-9-20(10-12-21)19-5-2-1-3-6-19/h1-15,23,25-28,32H,16-18H2/b14-13+/t23-,25-,26+,27+,28-/m0/s1. The third-order valence-electron chi connectivity index (χ3n) is 6.81. The number of esters is 2. The number of hydrogen-bond acceptors (Lipinski definition) is 6. The number of rotatable bonds is 8. The minimum absolute atomic E-state index is 0.0330. The van der Waals surface area contributed by atoms with E-state index in [9.17, 15) is 14.7 Å². The average molecular weight is 519 g/mol. The quantitative estimate of drug-likeness (QED) is 0.314. The maximum Gasteiger partial charge on any atom is 0.338 e. The molecule has 0 spiro atoms. The molecule has 0 aromatic heterocycles. The number of fused-ring (bicyclic) bond motifs is 1. The highest BCUT2D eigenvalue weighted by Crippen LogP contribution is 2.43. The predicted molar refractivity (Wildman–Crippen MR) is 139 cm³/mol. The van der Waals surface area contributed by atoms with E-state index >= 15 is 0 Å². The number of aliphatic hydroxyl groups excluding tert-OH is 1. The van der Waals surface area contributed by atoms with Crippen LogP contribution in [0.25, 0.3) is 11.1 Å². The normalized spacial score (nSPS) is 23.5. The van der Waals surface area contributed by atoms with Gasteiger partial charge in [-0.05, 0) is 41.5 Å². The van der Waals surface area contributed by atoms with Gasteiger partial charge in [0, 0.05) is 23.3 Å². The summed E-state index contributed by atoms with van der Waals surface area (Å²) >= 11 is 5.97. The Labute approximate surface area is 220 Å². The predicted octanol–water partition coefficient (Wildman–Crippen LogP) is 5.48. The van der Waals surface area contributed by atoms with E-state index in [4.69, 9.17) is 25.8 Å². The molecule has 1 N–H and O–H groups in total. The average Bonchev–Trinajstić information content (AvgIpc) is 3.42. The minimum Gasteiger partial charge on any atom is -0.491 e. The van der Waals surface area contributed by atoms with Crippen molar-refractivity contribution < 1.29 is 28.9 Å². The van der Waals surface area contributed by atoms with Crippen LogP contribution < -0.4 is 4.74 Å². The molecule has 1 aliphatic carbocycles. The van der Waals surface area contributed by atoms with Crippen LogP contribution in [0.15, 0.2) is 91.0 Å². The van der Waals surface area contributed by atoms with Gasteiger partial charge in [-0.25, -0.2) is 4.79 Å². The topological polar surface area (TPSA) is 82.1 Å². The maximum absolute atomic E-state index is 13.0. The molecule has 37 heavy (non-hydrogen) atoms. The number of carbonyl (C=O) groups is 2. The van der Waals surface area contributed by atoms with Crippen LogP contribution in [0.4, 0.5) is 0 Å². The summed E-state index contributed by atoms with van der Waals surface area (Å²) in [5.41, 5.74) is 2.52. The number of hydrogen-bond donors (Lipinski definition) is 1. The highest BCUT2D eigenvalue weighted by Gasteiger charge is 2.50. The lowest BCUT2D eigenvalue weighted by molar-refractivity contribution is -0.141. The van der Waals surface area contributed by atoms with E-state index in [0.29, 0.717) is 22.8 Å². The molecule has 0 radical (unpaired) electrons. The van der Waals surface area contributed by atoms with Crippen molar-refractivity contribution in [2.75, 3.05) is 6.61 Å². The lowest BCUT2D eigenvalue weighted by atomic mass is 9.91. The summed E-state index contributed by atoms with van der Waals surface area (Å²) in [6.07, 6.45) is 2.45. The van der Waals surface area contributed by atoms with E-state index in [1.54, 1.807) is 42.5 Å². The van der Waals surface area contributed by atoms with Crippen molar-refractivity contribution >= 4 is 23.5 Å². The van der Waals surface area contributed by atoms with Gasteiger partial charge in [0.25, 0.3) is 0 Å². The summed E-state index contributed by atoms with van der Waals surface area (Å²) in [7, 11) is 0. The molecule has 3 aromatic carbocycles. The van der Waals surface area contributed by atoms with Crippen molar-refractivity contribution in [3.8, 4) is 16.9 Å². The Balaban J connectivity index is 1.24. The summed E-state index contributed by atoms with van der Waals surface area (Å²) in [4.78, 5) is 24.9. The van der Waals surface area contributed by atoms with Gasteiger partial charge in [-0.1, -0.05) is 72.3 Å². The molecule has 0 unspecified atom stereocenters. The molecule has 3 aromatic rings. The first-order chi connectivity index (χ1) is 18.0. The molecule has 1 saturated carbocycles. The Morgan fingerprint density at radius 2 is 1.81 bits per heavy atom. The first-order valence-electron chi connectivity index (χ1n) is 12.3. The fourth-order valence-electron chi connectivity index (χ4n) is 4.98. The first-order valence-corrected chi connectivity index (χ1v) is 12.6. The van der Waals surface area contributed by atoms with Gasteiger partial charge in [0.2, 0.25) is 0 Å². The number of halogens is 1. The minimum atomic E-state index is -0.891. The Kier molecular flexibility index (Phi) is 7.58. The second-order valence-corrected chi connectivity index (χ2v) is 9.75. The van der Waals surface area contributed by atoms with Gasteiger partial charge in [-0.2, -0.15) is 0 Å². The molecular formula is C30H27ClO6. The van der Waals surface area contributed by atoms with Gasteiger partial charge in [0.05, 0.1) is 12.0 Å². The summed E-state index contributed by atoms with van der Waals surface area (Å²) in [6.45, 7) is 0.0330. The molecule has 0 bridgehead atoms. The molecule has 7 heteroatoms. The van der Waals surface area contributed by atoms with Crippen molar-refractivity contribution in [2.24, 2.45) is 11.8 Å². The lowest BCUT2D eigenvalue weighted by Crippen LogP contribution is -2.25. The third kappa shape index (κ3) is 6.04. The smallest absolute Gasteiger partial charge is 0.338 e. The highest BCUT2D eigenvalue weighted by molar-refractivity contribution is 6.30. The molecule has 1 heterocycles. The number of ether oxygens (including phenoxy) is 3. The van der Waals surface area contributed by atoms with Gasteiger partial charge < -0.3 is 19.3 Å². The van der Waals surface area contributed by atoms with E-state index in [2.05, 4.69) is 0 Å². The van der Waals surface area contributed by atoms with Gasteiger partial charge in [0.1, 0.15) is 30.7 Å². The number of aliphatic hydroxyl groups is 1. The van der Waals surface area contributed by atoms with Gasteiger partial charge in [-0.15, -0.1) is 0 Å².